The van der Waals surface area contributed by atoms with Gasteiger partial charge in [0.05, 0.1) is 16.3 Å². The number of anilines is 1. The van der Waals surface area contributed by atoms with Gasteiger partial charge in [0.2, 0.25) is 0 Å². The third-order valence-electron chi connectivity index (χ3n) is 4.47. The Bertz CT molecular complexity index is 1230. The molecule has 1 fully saturated rings. The fourth-order valence-electron chi connectivity index (χ4n) is 2.77. The predicted octanol–water partition coefficient (Wildman–Crippen LogP) is 2.51. The highest BCUT2D eigenvalue weighted by Gasteiger charge is 2.36. The average molecular weight is 464 g/mol. The van der Waals surface area contributed by atoms with Gasteiger partial charge in [-0.25, -0.2) is 13.4 Å². The second kappa shape index (κ2) is 8.55. The van der Waals surface area contributed by atoms with Crippen LogP contribution in [-0.4, -0.2) is 40.1 Å². The lowest BCUT2D eigenvalue weighted by Gasteiger charge is -2.08. The molecule has 1 N–H and O–H groups in total. The summed E-state index contributed by atoms with van der Waals surface area (Å²) in [7, 11) is -1.60. The molecule has 0 spiro atoms. The number of thiazole rings is 1. The number of benzene rings is 1. The van der Waals surface area contributed by atoms with Gasteiger partial charge in [-0.1, -0.05) is 28.6 Å². The first-order chi connectivity index (χ1) is 14.8. The van der Waals surface area contributed by atoms with Crippen molar-refractivity contribution in [3.8, 4) is 0 Å². The van der Waals surface area contributed by atoms with Crippen molar-refractivity contribution >= 4 is 37.9 Å². The quantitative estimate of drug-likeness (QED) is 0.405. The summed E-state index contributed by atoms with van der Waals surface area (Å²) in [6, 6.07) is 7.59. The summed E-state index contributed by atoms with van der Waals surface area (Å²) in [5, 5.41) is 9.74. The van der Waals surface area contributed by atoms with Gasteiger partial charge in [-0.15, -0.1) is 0 Å². The number of amides is 1. The molecule has 2 heterocycles. The largest absolute Gasteiger partial charge is 0.389 e. The third-order valence-corrected chi connectivity index (χ3v) is 7.45. The van der Waals surface area contributed by atoms with Crippen LogP contribution in [0.2, 0.25) is 0 Å². The lowest BCUT2D eigenvalue weighted by atomic mass is 10.1. The van der Waals surface area contributed by atoms with Gasteiger partial charge in [-0.3, -0.25) is 14.8 Å². The lowest BCUT2D eigenvalue weighted by Crippen LogP contribution is -2.24. The molecule has 4 rings (SSSR count). The number of sulfone groups is 1. The Kier molecular flexibility index (Phi) is 5.83. The van der Waals surface area contributed by atoms with E-state index < -0.39 is 20.9 Å². The van der Waals surface area contributed by atoms with Crippen LogP contribution in [-0.2, 0) is 33.1 Å². The first-order valence-electron chi connectivity index (χ1n) is 9.28. The van der Waals surface area contributed by atoms with Crippen molar-refractivity contribution in [1.29, 1.82) is 0 Å². The van der Waals surface area contributed by atoms with Crippen molar-refractivity contribution in [1.82, 2.24) is 14.8 Å². The van der Waals surface area contributed by atoms with Crippen LogP contribution >= 0.6 is 11.3 Å². The molecule has 9 nitrogen and oxygen atoms in total. The van der Waals surface area contributed by atoms with Crippen LogP contribution in [0, 0.1) is 5.13 Å². The molecule has 0 radical (unpaired) electrons. The molecule has 0 saturated heterocycles. The van der Waals surface area contributed by atoms with E-state index in [1.807, 2.05) is 0 Å². The van der Waals surface area contributed by atoms with Gasteiger partial charge in [0.15, 0.2) is 32.4 Å². The summed E-state index contributed by atoms with van der Waals surface area (Å²) < 4.78 is 39.6. The van der Waals surface area contributed by atoms with Crippen LogP contribution in [0.1, 0.15) is 24.1 Å². The lowest BCUT2D eigenvalue weighted by molar-refractivity contribution is -0.110. The zero-order valence-electron chi connectivity index (χ0n) is 16.4. The molecule has 1 aliphatic rings. The second-order valence-corrected chi connectivity index (χ2v) is 10.1. The molecule has 0 aliphatic heterocycles. The third kappa shape index (κ3) is 4.97. The SMILES string of the molecule is Cn1ccc(CON=C(C(=O)Nc2ncc(F)s2)c2ccc(S(=O)(=O)C3CC3)cc2)n1. The summed E-state index contributed by atoms with van der Waals surface area (Å²) in [6.45, 7) is 0.0254. The van der Waals surface area contributed by atoms with Gasteiger partial charge in [0.25, 0.3) is 5.91 Å². The molecule has 0 unspecified atom stereocenters. The standard InChI is InChI=1S/C19H18FN5O4S2/c1-25-9-8-13(23-25)11-29-24-17(18(26)22-19-21-10-16(20)30-19)12-2-4-14(5-3-12)31(27,28)15-6-7-15/h2-5,8-10,15H,6-7,11H2,1H3,(H,21,22,26). The van der Waals surface area contributed by atoms with Crippen molar-refractivity contribution in [3.63, 3.8) is 0 Å². The number of carbonyl (C=O) groups excluding carboxylic acids is 1. The Labute approximate surface area is 181 Å². The van der Waals surface area contributed by atoms with E-state index in [4.69, 9.17) is 4.84 Å². The second-order valence-electron chi connectivity index (χ2n) is 6.89. The van der Waals surface area contributed by atoms with Crippen molar-refractivity contribution in [2.45, 2.75) is 29.6 Å². The number of nitrogens with zero attached hydrogens (tertiary/aromatic N) is 4. The minimum atomic E-state index is -3.36. The molecule has 2 aromatic heterocycles. The van der Waals surface area contributed by atoms with Gasteiger partial charge < -0.3 is 4.84 Å². The van der Waals surface area contributed by atoms with E-state index in [1.54, 1.807) is 24.0 Å². The van der Waals surface area contributed by atoms with Crippen molar-refractivity contribution in [3.05, 3.63) is 59.1 Å². The highest BCUT2D eigenvalue weighted by Crippen LogP contribution is 2.33. The average Bonchev–Trinajstić information content (AvgIpc) is 3.42. The first-order valence-corrected chi connectivity index (χ1v) is 11.6. The van der Waals surface area contributed by atoms with Gasteiger partial charge in [0, 0.05) is 18.8 Å². The van der Waals surface area contributed by atoms with Crippen molar-refractivity contribution < 1.29 is 22.4 Å². The minimum absolute atomic E-state index is 0.0254. The molecule has 0 bridgehead atoms. The highest BCUT2D eigenvalue weighted by atomic mass is 32.2. The van der Waals surface area contributed by atoms with Crippen LogP contribution in [0.15, 0.2) is 52.8 Å². The zero-order valence-corrected chi connectivity index (χ0v) is 18.0. The molecule has 1 aliphatic carbocycles. The Morgan fingerprint density at radius 2 is 2.06 bits per heavy atom. The molecular formula is C19H18FN5O4S2. The number of hydrogen-bond acceptors (Lipinski definition) is 8. The fraction of sp³-hybridized carbons (Fsp3) is 0.263. The Morgan fingerprint density at radius 3 is 2.65 bits per heavy atom. The van der Waals surface area contributed by atoms with Gasteiger partial charge >= 0.3 is 0 Å². The molecule has 31 heavy (non-hydrogen) atoms. The molecule has 12 heteroatoms. The van der Waals surface area contributed by atoms with E-state index in [0.29, 0.717) is 35.4 Å². The van der Waals surface area contributed by atoms with Gasteiger partial charge in [-0.2, -0.15) is 9.49 Å². The molecular weight excluding hydrogens is 445 g/mol. The number of aromatic nitrogens is 3. The molecule has 3 aromatic rings. The number of oxime groups is 1. The molecule has 1 saturated carbocycles. The molecule has 162 valence electrons. The number of rotatable bonds is 8. The van der Waals surface area contributed by atoms with Crippen LogP contribution in [0.4, 0.5) is 9.52 Å². The first kappa shape index (κ1) is 21.1. The van der Waals surface area contributed by atoms with Crippen LogP contribution < -0.4 is 5.32 Å². The summed E-state index contributed by atoms with van der Waals surface area (Å²) in [4.78, 5) is 22.0. The van der Waals surface area contributed by atoms with E-state index in [0.717, 1.165) is 6.20 Å². The van der Waals surface area contributed by atoms with E-state index >= 15 is 0 Å². The van der Waals surface area contributed by atoms with E-state index in [9.17, 15) is 17.6 Å². The molecule has 0 atom stereocenters. The maximum absolute atomic E-state index is 13.2. The fourth-order valence-corrected chi connectivity index (χ4v) is 4.97. The summed E-state index contributed by atoms with van der Waals surface area (Å²) in [5.74, 6) is -0.673. The van der Waals surface area contributed by atoms with Crippen LogP contribution in [0.25, 0.3) is 0 Å². The Morgan fingerprint density at radius 1 is 1.32 bits per heavy atom. The number of aryl methyl sites for hydroxylation is 1. The Balaban J connectivity index is 1.57. The number of halogens is 1. The Hall–Kier alpha value is -3.12. The maximum atomic E-state index is 13.2. The zero-order chi connectivity index (χ0) is 22.0. The topological polar surface area (TPSA) is 116 Å². The number of nitrogens with one attached hydrogen (secondary N) is 1. The van der Waals surface area contributed by atoms with Gasteiger partial charge in [-0.05, 0) is 31.0 Å². The maximum Gasteiger partial charge on any atom is 0.280 e. The number of carbonyl (C=O) groups is 1. The van der Waals surface area contributed by atoms with Crippen molar-refractivity contribution in [2.75, 3.05) is 5.32 Å². The van der Waals surface area contributed by atoms with Crippen LogP contribution in [0.3, 0.4) is 0 Å². The predicted molar refractivity (Wildman–Crippen MR) is 112 cm³/mol. The minimum Gasteiger partial charge on any atom is -0.389 e. The summed E-state index contributed by atoms with van der Waals surface area (Å²) in [5.41, 5.74) is 0.839. The molecule has 1 amide bonds. The summed E-state index contributed by atoms with van der Waals surface area (Å²) in [6.07, 6.45) is 4.05. The smallest absolute Gasteiger partial charge is 0.280 e. The van der Waals surface area contributed by atoms with Crippen molar-refractivity contribution in [2.24, 2.45) is 12.2 Å². The molecule has 1 aromatic carbocycles. The van der Waals surface area contributed by atoms with E-state index in [2.05, 4.69) is 20.6 Å². The summed E-state index contributed by atoms with van der Waals surface area (Å²) >= 11 is 0.670. The number of hydrogen-bond donors (Lipinski definition) is 1. The normalized spacial score (nSPS) is 14.5. The van der Waals surface area contributed by atoms with E-state index in [-0.39, 0.29) is 27.6 Å². The van der Waals surface area contributed by atoms with Gasteiger partial charge in [0.1, 0.15) is 5.69 Å². The van der Waals surface area contributed by atoms with Crippen LogP contribution in [0.5, 0.6) is 0 Å². The highest BCUT2D eigenvalue weighted by molar-refractivity contribution is 7.92. The monoisotopic (exact) mass is 463 g/mol. The van der Waals surface area contributed by atoms with E-state index in [1.165, 1.54) is 24.3 Å².